The molecule has 5 heteroatoms. The summed E-state index contributed by atoms with van der Waals surface area (Å²) in [5.74, 6) is 0.654. The lowest BCUT2D eigenvalue weighted by atomic mass is 10.1. The van der Waals surface area contributed by atoms with Crippen molar-refractivity contribution in [1.82, 2.24) is 0 Å². The molecule has 0 fully saturated rings. The molecule has 0 heterocycles. The highest BCUT2D eigenvalue weighted by Crippen LogP contribution is 2.23. The van der Waals surface area contributed by atoms with E-state index >= 15 is 0 Å². The van der Waals surface area contributed by atoms with Crippen LogP contribution in [0.15, 0.2) is 23.1 Å². The number of rotatable bonds is 5. The van der Waals surface area contributed by atoms with Crippen molar-refractivity contribution < 1.29 is 18.3 Å². The zero-order chi connectivity index (χ0) is 12.2. The Labute approximate surface area is 95.8 Å². The van der Waals surface area contributed by atoms with Crippen LogP contribution >= 0.6 is 0 Å². The predicted molar refractivity (Wildman–Crippen MR) is 61.5 cm³/mol. The maximum absolute atomic E-state index is 11.4. The molecule has 0 saturated heterocycles. The van der Waals surface area contributed by atoms with Crippen LogP contribution in [-0.2, 0) is 16.3 Å². The number of hydrogen-bond donors (Lipinski definition) is 1. The number of methoxy groups -OCH3 is 1. The average Bonchev–Trinajstić information content (AvgIpc) is 2.24. The number of sulfone groups is 1. The van der Waals surface area contributed by atoms with Gasteiger partial charge in [-0.1, -0.05) is 0 Å². The minimum absolute atomic E-state index is 0.0757. The van der Waals surface area contributed by atoms with Gasteiger partial charge in [-0.25, -0.2) is 8.42 Å². The topological polar surface area (TPSA) is 63.6 Å². The van der Waals surface area contributed by atoms with E-state index in [1.807, 2.05) is 0 Å². The van der Waals surface area contributed by atoms with E-state index in [0.29, 0.717) is 18.6 Å². The molecule has 1 N–H and O–H groups in total. The summed E-state index contributed by atoms with van der Waals surface area (Å²) in [4.78, 5) is 0.279. The Morgan fingerprint density at radius 1 is 1.38 bits per heavy atom. The zero-order valence-corrected chi connectivity index (χ0v) is 10.3. The fraction of sp³-hybridized carbons (Fsp3) is 0.455. The smallest absolute Gasteiger partial charge is 0.175 e. The van der Waals surface area contributed by atoms with Crippen LogP contribution in [0.3, 0.4) is 0 Å². The van der Waals surface area contributed by atoms with Crippen LogP contribution in [0.25, 0.3) is 0 Å². The molecule has 0 spiro atoms. The molecule has 0 bridgehead atoms. The third-order valence-corrected chi connectivity index (χ3v) is 3.39. The van der Waals surface area contributed by atoms with E-state index in [4.69, 9.17) is 9.84 Å². The Hall–Kier alpha value is -1.07. The van der Waals surface area contributed by atoms with E-state index in [1.165, 1.54) is 19.4 Å². The van der Waals surface area contributed by atoms with E-state index < -0.39 is 9.84 Å². The van der Waals surface area contributed by atoms with Crippen LogP contribution in [0.4, 0.5) is 0 Å². The molecule has 1 aromatic rings. The van der Waals surface area contributed by atoms with Gasteiger partial charge in [-0.2, -0.15) is 0 Å². The molecular formula is C11H16O4S. The predicted octanol–water partition coefficient (Wildman–Crippen LogP) is 1.02. The molecule has 0 atom stereocenters. The monoisotopic (exact) mass is 244 g/mol. The molecule has 0 radical (unpaired) electrons. The third kappa shape index (κ3) is 3.21. The van der Waals surface area contributed by atoms with Crippen LogP contribution in [0, 0.1) is 0 Å². The van der Waals surface area contributed by atoms with E-state index in [-0.39, 0.29) is 11.5 Å². The Balaban J connectivity index is 3.11. The number of hydrogen-bond acceptors (Lipinski definition) is 4. The normalized spacial score (nSPS) is 11.4. The van der Waals surface area contributed by atoms with Gasteiger partial charge in [-0.15, -0.1) is 0 Å². The minimum Gasteiger partial charge on any atom is -0.496 e. The quantitative estimate of drug-likeness (QED) is 0.840. The molecular weight excluding hydrogens is 228 g/mol. The van der Waals surface area contributed by atoms with E-state index in [9.17, 15) is 8.42 Å². The lowest BCUT2D eigenvalue weighted by molar-refractivity contribution is 0.287. The fourth-order valence-corrected chi connectivity index (χ4v) is 2.12. The van der Waals surface area contributed by atoms with Crippen molar-refractivity contribution in [3.05, 3.63) is 23.8 Å². The highest BCUT2D eigenvalue weighted by Gasteiger charge is 2.11. The summed E-state index contributed by atoms with van der Waals surface area (Å²) in [5, 5.41) is 8.76. The summed E-state index contributed by atoms with van der Waals surface area (Å²) in [7, 11) is -1.65. The molecule has 0 unspecified atom stereocenters. The summed E-state index contributed by atoms with van der Waals surface area (Å²) in [6.45, 7) is 0.0757. The Morgan fingerprint density at radius 3 is 2.56 bits per heavy atom. The van der Waals surface area contributed by atoms with E-state index in [1.54, 1.807) is 12.1 Å². The molecule has 0 aliphatic rings. The second kappa shape index (κ2) is 5.32. The molecule has 4 nitrogen and oxygen atoms in total. The first-order chi connectivity index (χ1) is 7.49. The van der Waals surface area contributed by atoms with E-state index in [0.717, 1.165) is 5.56 Å². The van der Waals surface area contributed by atoms with Crippen molar-refractivity contribution in [1.29, 1.82) is 0 Å². The molecule has 0 aliphatic carbocycles. The van der Waals surface area contributed by atoms with Gasteiger partial charge in [0.05, 0.1) is 12.0 Å². The Bertz CT molecular complexity index is 451. The Morgan fingerprint density at radius 2 is 2.06 bits per heavy atom. The minimum atomic E-state index is -3.19. The summed E-state index contributed by atoms with van der Waals surface area (Å²) >= 11 is 0. The first kappa shape index (κ1) is 13.0. The van der Waals surface area contributed by atoms with Gasteiger partial charge in [-0.3, -0.25) is 0 Å². The standard InChI is InChI=1S/C11H16O4S/c1-15-11-6-5-10(16(2,13)14)8-9(11)4-3-7-12/h5-6,8,12H,3-4,7H2,1-2H3. The average molecular weight is 244 g/mol. The van der Waals surface area contributed by atoms with Gasteiger partial charge in [-0.05, 0) is 36.6 Å². The molecule has 16 heavy (non-hydrogen) atoms. The third-order valence-electron chi connectivity index (χ3n) is 2.28. The van der Waals surface area contributed by atoms with E-state index in [2.05, 4.69) is 0 Å². The highest BCUT2D eigenvalue weighted by molar-refractivity contribution is 7.90. The van der Waals surface area contributed by atoms with Gasteiger partial charge in [0.2, 0.25) is 0 Å². The molecule has 0 amide bonds. The lowest BCUT2D eigenvalue weighted by Gasteiger charge is -2.09. The van der Waals surface area contributed by atoms with Gasteiger partial charge in [0.15, 0.2) is 9.84 Å². The van der Waals surface area contributed by atoms with Crippen LogP contribution < -0.4 is 4.74 Å². The van der Waals surface area contributed by atoms with Crippen molar-refractivity contribution in [2.24, 2.45) is 0 Å². The summed E-state index contributed by atoms with van der Waals surface area (Å²) in [6, 6.07) is 4.77. The van der Waals surface area contributed by atoms with Crippen molar-refractivity contribution in [2.75, 3.05) is 20.0 Å². The van der Waals surface area contributed by atoms with Crippen LogP contribution in [-0.4, -0.2) is 33.5 Å². The van der Waals surface area contributed by atoms with Crippen molar-refractivity contribution in [2.45, 2.75) is 17.7 Å². The molecule has 90 valence electrons. The maximum atomic E-state index is 11.4. The number of aliphatic hydroxyl groups excluding tert-OH is 1. The van der Waals surface area contributed by atoms with Crippen LogP contribution in [0.2, 0.25) is 0 Å². The van der Waals surface area contributed by atoms with Crippen molar-refractivity contribution >= 4 is 9.84 Å². The lowest BCUT2D eigenvalue weighted by Crippen LogP contribution is -2.01. The highest BCUT2D eigenvalue weighted by atomic mass is 32.2. The van der Waals surface area contributed by atoms with Gasteiger partial charge in [0.1, 0.15) is 5.75 Å². The van der Waals surface area contributed by atoms with Gasteiger partial charge < -0.3 is 9.84 Å². The van der Waals surface area contributed by atoms with Gasteiger partial charge in [0, 0.05) is 12.9 Å². The molecule has 1 rings (SSSR count). The largest absolute Gasteiger partial charge is 0.496 e. The number of aryl methyl sites for hydroxylation is 1. The fourth-order valence-electron chi connectivity index (χ4n) is 1.45. The Kier molecular flexibility index (Phi) is 4.32. The molecule has 0 aromatic heterocycles. The molecule has 0 aliphatic heterocycles. The second-order valence-electron chi connectivity index (χ2n) is 3.57. The van der Waals surface area contributed by atoms with Crippen molar-refractivity contribution in [3.63, 3.8) is 0 Å². The second-order valence-corrected chi connectivity index (χ2v) is 5.59. The van der Waals surface area contributed by atoms with Gasteiger partial charge in [0.25, 0.3) is 0 Å². The SMILES string of the molecule is COc1ccc(S(C)(=O)=O)cc1CCCO. The van der Waals surface area contributed by atoms with Crippen LogP contribution in [0.1, 0.15) is 12.0 Å². The first-order valence-electron chi connectivity index (χ1n) is 4.97. The number of ether oxygens (including phenoxy) is 1. The zero-order valence-electron chi connectivity index (χ0n) is 9.43. The van der Waals surface area contributed by atoms with Gasteiger partial charge >= 0.3 is 0 Å². The first-order valence-corrected chi connectivity index (χ1v) is 6.86. The van der Waals surface area contributed by atoms with Crippen molar-refractivity contribution in [3.8, 4) is 5.75 Å². The summed E-state index contributed by atoms with van der Waals surface area (Å²) in [6.07, 6.45) is 2.36. The number of aliphatic hydroxyl groups is 1. The number of benzene rings is 1. The summed E-state index contributed by atoms with van der Waals surface area (Å²) in [5.41, 5.74) is 0.805. The van der Waals surface area contributed by atoms with Crippen LogP contribution in [0.5, 0.6) is 5.75 Å². The molecule has 0 saturated carbocycles. The molecule has 1 aromatic carbocycles. The summed E-state index contributed by atoms with van der Waals surface area (Å²) < 4.78 is 27.9. The maximum Gasteiger partial charge on any atom is 0.175 e.